The first-order chi connectivity index (χ1) is 13.8. The topological polar surface area (TPSA) is 96.4 Å². The summed E-state index contributed by atoms with van der Waals surface area (Å²) in [5.41, 5.74) is 3.23. The molecule has 148 valence electrons. The number of aromatic nitrogens is 1. The van der Waals surface area contributed by atoms with Gasteiger partial charge >= 0.3 is 0 Å². The number of benzene rings is 2. The van der Waals surface area contributed by atoms with Crippen molar-refractivity contribution in [2.45, 2.75) is 37.6 Å². The van der Waals surface area contributed by atoms with Gasteiger partial charge in [0.15, 0.2) is 5.13 Å². The monoisotopic (exact) mass is 427 g/mol. The van der Waals surface area contributed by atoms with Gasteiger partial charge in [-0.2, -0.15) is 0 Å². The minimum absolute atomic E-state index is 0.0990. The third kappa shape index (κ3) is 2.76. The number of nitrogens with one attached hydrogen (secondary N) is 1. The average molecular weight is 428 g/mol. The fourth-order valence-corrected chi connectivity index (χ4v) is 6.39. The van der Waals surface area contributed by atoms with E-state index in [4.69, 9.17) is 0 Å². The molecule has 3 aromatic rings. The Balaban J connectivity index is 1.48. The van der Waals surface area contributed by atoms with E-state index in [2.05, 4.69) is 10.3 Å². The molecule has 2 aromatic carbocycles. The highest BCUT2D eigenvalue weighted by molar-refractivity contribution is 7.90. The average Bonchev–Trinajstić information content (AvgIpc) is 3.37. The maximum Gasteiger partial charge on any atom is 0.269 e. The van der Waals surface area contributed by atoms with Gasteiger partial charge in [-0.15, -0.1) is 0 Å². The summed E-state index contributed by atoms with van der Waals surface area (Å²) in [5.74, 6) is -0.971. The standard InChI is InChI=1S/C20H17N3O4S2/c1-10-3-4-11(2)17-16(10)21-20(28-17)22-18(24)12-5-8-14-15(9-12)29(26,27)23(19(14)25)13-6-7-13/h3-5,8-9,13H,6-7H2,1-2H3,(H,21,22,24). The molecule has 5 rings (SSSR count). The van der Waals surface area contributed by atoms with Crippen LogP contribution in [0.1, 0.15) is 44.7 Å². The van der Waals surface area contributed by atoms with Crippen molar-refractivity contribution in [1.29, 1.82) is 0 Å². The van der Waals surface area contributed by atoms with E-state index in [0.29, 0.717) is 18.0 Å². The first-order valence-electron chi connectivity index (χ1n) is 9.18. The van der Waals surface area contributed by atoms with Crippen molar-refractivity contribution in [2.75, 3.05) is 5.32 Å². The van der Waals surface area contributed by atoms with Crippen molar-refractivity contribution >= 4 is 48.5 Å². The Morgan fingerprint density at radius 1 is 1.17 bits per heavy atom. The van der Waals surface area contributed by atoms with E-state index < -0.39 is 21.8 Å². The van der Waals surface area contributed by atoms with Gasteiger partial charge in [-0.1, -0.05) is 23.5 Å². The van der Waals surface area contributed by atoms with E-state index in [1.54, 1.807) is 0 Å². The van der Waals surface area contributed by atoms with Crippen LogP contribution in [0.2, 0.25) is 0 Å². The summed E-state index contributed by atoms with van der Waals surface area (Å²) in [4.78, 5) is 29.6. The molecule has 2 aliphatic rings. The second-order valence-corrected chi connectivity index (χ2v) is 10.2. The van der Waals surface area contributed by atoms with Crippen LogP contribution in [-0.4, -0.2) is 35.6 Å². The number of rotatable bonds is 3. The Labute approximate surface area is 171 Å². The first kappa shape index (κ1) is 18.3. The SMILES string of the molecule is Cc1ccc(C)c2sc(NC(=O)c3ccc4c(c3)S(=O)(=O)N(C3CC3)C4=O)nc12. The predicted octanol–water partition coefficient (Wildman–Crippen LogP) is 3.47. The van der Waals surface area contributed by atoms with Crippen LogP contribution in [0.4, 0.5) is 5.13 Å². The van der Waals surface area contributed by atoms with Crippen LogP contribution in [0.5, 0.6) is 0 Å². The molecule has 0 saturated heterocycles. The van der Waals surface area contributed by atoms with Gasteiger partial charge in [-0.05, 0) is 56.0 Å². The van der Waals surface area contributed by atoms with Crippen molar-refractivity contribution in [3.05, 3.63) is 52.6 Å². The zero-order valence-corrected chi connectivity index (χ0v) is 17.4. The van der Waals surface area contributed by atoms with E-state index in [9.17, 15) is 18.0 Å². The molecular weight excluding hydrogens is 410 g/mol. The van der Waals surface area contributed by atoms with E-state index in [1.165, 1.54) is 29.5 Å². The Bertz CT molecular complexity index is 1280. The summed E-state index contributed by atoms with van der Waals surface area (Å²) in [5, 5.41) is 3.20. The molecule has 2 heterocycles. The summed E-state index contributed by atoms with van der Waals surface area (Å²) < 4.78 is 27.5. The molecule has 0 atom stereocenters. The van der Waals surface area contributed by atoms with Crippen molar-refractivity contribution in [2.24, 2.45) is 0 Å². The number of anilines is 1. The van der Waals surface area contributed by atoms with Gasteiger partial charge in [0, 0.05) is 11.6 Å². The molecule has 1 aromatic heterocycles. The fourth-order valence-electron chi connectivity index (χ4n) is 3.54. The molecule has 1 aliphatic heterocycles. The molecule has 0 bridgehead atoms. The Kier molecular flexibility index (Phi) is 3.85. The molecule has 0 spiro atoms. The van der Waals surface area contributed by atoms with Gasteiger partial charge in [-0.25, -0.2) is 17.7 Å². The predicted molar refractivity (Wildman–Crippen MR) is 110 cm³/mol. The Morgan fingerprint density at radius 3 is 2.59 bits per heavy atom. The fraction of sp³-hybridized carbons (Fsp3) is 0.250. The highest BCUT2D eigenvalue weighted by Crippen LogP contribution is 2.40. The number of nitrogens with zero attached hydrogens (tertiary/aromatic N) is 2. The number of aryl methyl sites for hydroxylation is 2. The van der Waals surface area contributed by atoms with Crippen LogP contribution in [-0.2, 0) is 10.0 Å². The highest BCUT2D eigenvalue weighted by atomic mass is 32.2. The van der Waals surface area contributed by atoms with Gasteiger partial charge < -0.3 is 0 Å². The van der Waals surface area contributed by atoms with Crippen molar-refractivity contribution < 1.29 is 18.0 Å². The molecule has 1 saturated carbocycles. The van der Waals surface area contributed by atoms with Crippen LogP contribution < -0.4 is 5.32 Å². The second-order valence-electron chi connectivity index (χ2n) is 7.40. The highest BCUT2D eigenvalue weighted by Gasteiger charge is 2.48. The molecule has 7 nitrogen and oxygen atoms in total. The minimum Gasteiger partial charge on any atom is -0.298 e. The van der Waals surface area contributed by atoms with Crippen LogP contribution in [0, 0.1) is 13.8 Å². The number of carbonyl (C=O) groups is 2. The van der Waals surface area contributed by atoms with Gasteiger partial charge in [0.1, 0.15) is 4.90 Å². The Morgan fingerprint density at radius 2 is 1.90 bits per heavy atom. The number of amides is 2. The lowest BCUT2D eigenvalue weighted by molar-refractivity contribution is 0.0864. The summed E-state index contributed by atoms with van der Waals surface area (Å²) in [6.07, 6.45) is 1.37. The molecule has 0 radical (unpaired) electrons. The van der Waals surface area contributed by atoms with Crippen LogP contribution in [0.3, 0.4) is 0 Å². The molecule has 1 aliphatic carbocycles. The van der Waals surface area contributed by atoms with Gasteiger partial charge in [0.05, 0.1) is 15.8 Å². The summed E-state index contributed by atoms with van der Waals surface area (Å²) in [6.45, 7) is 3.95. The zero-order valence-electron chi connectivity index (χ0n) is 15.7. The molecule has 9 heteroatoms. The molecule has 2 amide bonds. The minimum atomic E-state index is -3.90. The van der Waals surface area contributed by atoms with Crippen LogP contribution in [0.15, 0.2) is 35.2 Å². The van der Waals surface area contributed by atoms with E-state index >= 15 is 0 Å². The van der Waals surface area contributed by atoms with E-state index in [-0.39, 0.29) is 22.1 Å². The lowest BCUT2D eigenvalue weighted by atomic mass is 10.1. The number of hydrogen-bond acceptors (Lipinski definition) is 6. The van der Waals surface area contributed by atoms with Crippen LogP contribution in [0.25, 0.3) is 10.2 Å². The molecule has 0 unspecified atom stereocenters. The summed E-state index contributed by atoms with van der Waals surface area (Å²) >= 11 is 1.38. The maximum atomic E-state index is 12.8. The second kappa shape index (κ2) is 6.11. The number of thiazole rings is 1. The normalized spacial score (nSPS) is 17.6. The summed E-state index contributed by atoms with van der Waals surface area (Å²) in [7, 11) is -3.90. The number of hydrogen-bond donors (Lipinski definition) is 1. The maximum absolute atomic E-state index is 12.8. The van der Waals surface area contributed by atoms with E-state index in [1.807, 2.05) is 26.0 Å². The number of sulfonamides is 1. The zero-order chi connectivity index (χ0) is 20.5. The number of carbonyl (C=O) groups excluding carboxylic acids is 2. The lowest BCUT2D eigenvalue weighted by Gasteiger charge is -2.13. The first-order valence-corrected chi connectivity index (χ1v) is 11.4. The smallest absolute Gasteiger partial charge is 0.269 e. The van der Waals surface area contributed by atoms with Crippen molar-refractivity contribution in [3.8, 4) is 0 Å². The molecule has 1 N–H and O–H groups in total. The molecular formula is C20H17N3O4S2. The van der Waals surface area contributed by atoms with Crippen molar-refractivity contribution in [3.63, 3.8) is 0 Å². The third-order valence-corrected chi connectivity index (χ3v) is 8.23. The van der Waals surface area contributed by atoms with Gasteiger partial charge in [0.2, 0.25) is 0 Å². The van der Waals surface area contributed by atoms with Gasteiger partial charge in [-0.3, -0.25) is 14.9 Å². The molecule has 1 fully saturated rings. The largest absolute Gasteiger partial charge is 0.298 e. The lowest BCUT2D eigenvalue weighted by Crippen LogP contribution is -2.31. The quantitative estimate of drug-likeness (QED) is 0.690. The third-order valence-electron chi connectivity index (χ3n) is 5.25. The molecule has 29 heavy (non-hydrogen) atoms. The Hall–Kier alpha value is -2.78. The van der Waals surface area contributed by atoms with E-state index in [0.717, 1.165) is 25.6 Å². The number of fused-ring (bicyclic) bond motifs is 2. The van der Waals surface area contributed by atoms with Gasteiger partial charge in [0.25, 0.3) is 21.8 Å². The van der Waals surface area contributed by atoms with Crippen LogP contribution >= 0.6 is 11.3 Å². The summed E-state index contributed by atoms with van der Waals surface area (Å²) in [6, 6.07) is 7.91. The van der Waals surface area contributed by atoms with Crippen molar-refractivity contribution in [1.82, 2.24) is 9.29 Å².